The summed E-state index contributed by atoms with van der Waals surface area (Å²) < 4.78 is 24.4. The number of nitrogens with zero attached hydrogens (tertiary/aromatic N) is 3. The quantitative estimate of drug-likeness (QED) is 0.773. The van der Waals surface area contributed by atoms with Crippen molar-refractivity contribution in [3.05, 3.63) is 29.3 Å². The maximum atomic E-state index is 12.7. The van der Waals surface area contributed by atoms with E-state index in [1.54, 1.807) is 4.90 Å². The van der Waals surface area contributed by atoms with Crippen LogP contribution in [0.2, 0.25) is 5.02 Å². The van der Waals surface area contributed by atoms with Crippen molar-refractivity contribution in [3.8, 4) is 0 Å². The van der Waals surface area contributed by atoms with Crippen LogP contribution in [0, 0.1) is 0 Å². The molecule has 25 heavy (non-hydrogen) atoms. The molecule has 1 unspecified atom stereocenters. The smallest absolute Gasteiger partial charge is 0.246 e. The van der Waals surface area contributed by atoms with E-state index < -0.39 is 22.0 Å². The molecule has 136 valence electrons. The Hall–Kier alpha value is -1.80. The van der Waals surface area contributed by atoms with Crippen LogP contribution in [-0.4, -0.2) is 67.9 Å². The summed E-state index contributed by atoms with van der Waals surface area (Å²) in [6.45, 7) is 2.22. The minimum Gasteiger partial charge on any atom is -0.368 e. The number of hydrogen-bond acceptors (Lipinski definition) is 5. The molecule has 0 bridgehead atoms. The largest absolute Gasteiger partial charge is 0.368 e. The van der Waals surface area contributed by atoms with Crippen LogP contribution in [0.5, 0.6) is 0 Å². The first-order valence-corrected chi connectivity index (χ1v) is 10.3. The number of benzene rings is 1. The van der Waals surface area contributed by atoms with E-state index in [-0.39, 0.29) is 18.7 Å². The van der Waals surface area contributed by atoms with Gasteiger partial charge in [-0.3, -0.25) is 9.59 Å². The highest BCUT2D eigenvalue weighted by Gasteiger charge is 2.43. The molecular weight excluding hydrogens is 366 g/mol. The van der Waals surface area contributed by atoms with Gasteiger partial charge in [0.2, 0.25) is 21.8 Å². The van der Waals surface area contributed by atoms with Crippen molar-refractivity contribution >= 4 is 39.1 Å². The summed E-state index contributed by atoms with van der Waals surface area (Å²) in [5.41, 5.74) is 0.994. The molecule has 9 heteroatoms. The van der Waals surface area contributed by atoms with Crippen molar-refractivity contribution < 1.29 is 18.0 Å². The molecule has 1 aromatic carbocycles. The summed E-state index contributed by atoms with van der Waals surface area (Å²) in [5.74, 6) is -0.791. The number of halogens is 1. The van der Waals surface area contributed by atoms with Crippen LogP contribution in [0.3, 0.4) is 0 Å². The first-order chi connectivity index (χ1) is 11.8. The van der Waals surface area contributed by atoms with E-state index in [4.69, 9.17) is 11.6 Å². The predicted octanol–water partition coefficient (Wildman–Crippen LogP) is 0.939. The molecule has 1 atom stereocenters. The van der Waals surface area contributed by atoms with E-state index in [9.17, 15) is 18.0 Å². The van der Waals surface area contributed by atoms with Gasteiger partial charge in [0.05, 0.1) is 6.26 Å². The number of carbonyl (C=O) groups is 2. The molecule has 2 aliphatic heterocycles. The van der Waals surface area contributed by atoms with Gasteiger partial charge in [0.25, 0.3) is 0 Å². The van der Waals surface area contributed by atoms with Gasteiger partial charge in [-0.25, -0.2) is 12.7 Å². The minimum absolute atomic E-state index is 0.0892. The van der Waals surface area contributed by atoms with Crippen molar-refractivity contribution in [3.63, 3.8) is 0 Å². The zero-order chi connectivity index (χ0) is 18.2. The van der Waals surface area contributed by atoms with E-state index in [2.05, 4.69) is 4.90 Å². The zero-order valence-electron chi connectivity index (χ0n) is 13.9. The van der Waals surface area contributed by atoms with Crippen LogP contribution in [0.25, 0.3) is 0 Å². The molecule has 0 saturated carbocycles. The van der Waals surface area contributed by atoms with Gasteiger partial charge in [-0.2, -0.15) is 0 Å². The van der Waals surface area contributed by atoms with E-state index >= 15 is 0 Å². The molecule has 2 amide bonds. The molecule has 2 saturated heterocycles. The Morgan fingerprint density at radius 2 is 1.88 bits per heavy atom. The fourth-order valence-corrected chi connectivity index (χ4v) is 4.67. The molecule has 0 aromatic heterocycles. The average Bonchev–Trinajstić information content (AvgIpc) is 2.96. The summed E-state index contributed by atoms with van der Waals surface area (Å²) in [5, 5.41) is 0.657. The number of carbonyl (C=O) groups excluding carboxylic acids is 2. The molecule has 1 aromatic rings. The minimum atomic E-state index is -3.73. The lowest BCUT2D eigenvalue weighted by atomic mass is 10.1. The topological polar surface area (TPSA) is 78.0 Å². The third-order valence-corrected chi connectivity index (χ3v) is 5.98. The Morgan fingerprint density at radius 3 is 2.48 bits per heavy atom. The van der Waals surface area contributed by atoms with Gasteiger partial charge < -0.3 is 9.80 Å². The van der Waals surface area contributed by atoms with Crippen LogP contribution in [0.15, 0.2) is 24.3 Å². The van der Waals surface area contributed by atoms with Crippen molar-refractivity contribution in [1.29, 1.82) is 0 Å². The lowest BCUT2D eigenvalue weighted by Gasteiger charge is -2.38. The second-order valence-corrected chi connectivity index (χ2v) is 8.60. The first-order valence-electron chi connectivity index (χ1n) is 8.09. The number of piperazine rings is 1. The molecule has 0 radical (unpaired) electrons. The number of sulfonamides is 1. The normalized spacial score (nSPS) is 21.8. The maximum absolute atomic E-state index is 12.7. The standard InChI is InChI=1S/C16H20ClN3O4S/c1-25(23,24)20-14(5-6-15(20)21)16(22)19-9-7-18(8-10-19)13-4-2-3-12(17)11-13/h2-4,11,14H,5-10H2,1H3. The highest BCUT2D eigenvalue weighted by molar-refractivity contribution is 7.89. The predicted molar refractivity (Wildman–Crippen MR) is 95.0 cm³/mol. The van der Waals surface area contributed by atoms with Crippen molar-refractivity contribution in [2.24, 2.45) is 0 Å². The Bertz CT molecular complexity index is 790. The molecular formula is C16H20ClN3O4S. The lowest BCUT2D eigenvalue weighted by molar-refractivity contribution is -0.138. The van der Waals surface area contributed by atoms with Gasteiger partial charge in [0.1, 0.15) is 6.04 Å². The molecule has 2 heterocycles. The van der Waals surface area contributed by atoms with E-state index in [1.165, 1.54) is 0 Å². The number of anilines is 1. The van der Waals surface area contributed by atoms with Crippen molar-refractivity contribution in [1.82, 2.24) is 9.21 Å². The van der Waals surface area contributed by atoms with E-state index in [1.807, 2.05) is 24.3 Å². The van der Waals surface area contributed by atoms with Crippen LogP contribution < -0.4 is 4.90 Å². The van der Waals surface area contributed by atoms with Gasteiger partial charge in [0.15, 0.2) is 0 Å². The molecule has 2 aliphatic rings. The van der Waals surface area contributed by atoms with Gasteiger partial charge in [-0.05, 0) is 24.6 Å². The average molecular weight is 386 g/mol. The first kappa shape index (κ1) is 18.0. The molecule has 7 nitrogen and oxygen atoms in total. The highest BCUT2D eigenvalue weighted by Crippen LogP contribution is 2.25. The van der Waals surface area contributed by atoms with Crippen LogP contribution in [0.1, 0.15) is 12.8 Å². The maximum Gasteiger partial charge on any atom is 0.246 e. The Labute approximate surface area is 152 Å². The number of hydrogen-bond donors (Lipinski definition) is 0. The van der Waals surface area contributed by atoms with Crippen molar-refractivity contribution in [2.75, 3.05) is 37.3 Å². The molecule has 0 aliphatic carbocycles. The number of rotatable bonds is 3. The lowest BCUT2D eigenvalue weighted by Crippen LogP contribution is -2.54. The molecule has 0 N–H and O–H groups in total. The van der Waals surface area contributed by atoms with Crippen LogP contribution in [0.4, 0.5) is 5.69 Å². The van der Waals surface area contributed by atoms with E-state index in [0.29, 0.717) is 31.2 Å². The third-order valence-electron chi connectivity index (χ3n) is 4.57. The second-order valence-electron chi connectivity index (χ2n) is 6.30. The monoisotopic (exact) mass is 385 g/mol. The van der Waals surface area contributed by atoms with Gasteiger partial charge in [0, 0.05) is 43.3 Å². The van der Waals surface area contributed by atoms with E-state index in [0.717, 1.165) is 16.2 Å². The van der Waals surface area contributed by atoms with Gasteiger partial charge >= 0.3 is 0 Å². The molecule has 2 fully saturated rings. The van der Waals surface area contributed by atoms with Gasteiger partial charge in [-0.1, -0.05) is 17.7 Å². The summed E-state index contributed by atoms with van der Waals surface area (Å²) in [4.78, 5) is 28.3. The molecule has 3 rings (SSSR count). The van der Waals surface area contributed by atoms with Gasteiger partial charge in [-0.15, -0.1) is 0 Å². The third kappa shape index (κ3) is 3.74. The fraction of sp³-hybridized carbons (Fsp3) is 0.500. The summed E-state index contributed by atoms with van der Waals surface area (Å²) >= 11 is 6.02. The Morgan fingerprint density at radius 1 is 1.20 bits per heavy atom. The zero-order valence-corrected chi connectivity index (χ0v) is 15.5. The highest BCUT2D eigenvalue weighted by atomic mass is 35.5. The summed E-state index contributed by atoms with van der Waals surface area (Å²) in [6, 6.07) is 6.62. The molecule has 0 spiro atoms. The summed E-state index contributed by atoms with van der Waals surface area (Å²) in [7, 11) is -3.73. The Balaban J connectivity index is 1.66. The van der Waals surface area contributed by atoms with Crippen LogP contribution in [-0.2, 0) is 19.6 Å². The van der Waals surface area contributed by atoms with Crippen LogP contribution >= 0.6 is 11.6 Å². The van der Waals surface area contributed by atoms with Crippen molar-refractivity contribution in [2.45, 2.75) is 18.9 Å². The fourth-order valence-electron chi connectivity index (χ4n) is 3.37. The second kappa shape index (κ2) is 6.84. The Kier molecular flexibility index (Phi) is 4.92. The summed E-state index contributed by atoms with van der Waals surface area (Å²) in [6.07, 6.45) is 1.30. The SMILES string of the molecule is CS(=O)(=O)N1C(=O)CCC1C(=O)N1CCN(c2cccc(Cl)c2)CC1. The number of amides is 2.